The quantitative estimate of drug-likeness (QED) is 0.761. The number of nitrogens with zero attached hydrogens (tertiary/aromatic N) is 2. The number of para-hydroxylation sites is 1. The van der Waals surface area contributed by atoms with Gasteiger partial charge in [0.1, 0.15) is 17.1 Å². The number of phenols is 1. The third-order valence-electron chi connectivity index (χ3n) is 4.55. The lowest BCUT2D eigenvalue weighted by Gasteiger charge is -2.22. The van der Waals surface area contributed by atoms with Gasteiger partial charge in [0.05, 0.1) is 6.04 Å². The molecule has 3 aromatic rings. The van der Waals surface area contributed by atoms with Crippen molar-refractivity contribution in [3.8, 4) is 17.0 Å². The van der Waals surface area contributed by atoms with E-state index >= 15 is 0 Å². The molecule has 0 aliphatic carbocycles. The summed E-state index contributed by atoms with van der Waals surface area (Å²) in [5.41, 5.74) is 4.73. The molecule has 0 unspecified atom stereocenters. The number of H-pyrrole nitrogens is 1. The molecule has 24 heavy (non-hydrogen) atoms. The molecule has 0 saturated heterocycles. The molecule has 2 N–H and O–H groups in total. The van der Waals surface area contributed by atoms with E-state index in [2.05, 4.69) is 10.2 Å². The number of carbonyl (C=O) groups excluding carboxylic acids is 1. The maximum atomic E-state index is 12.6. The van der Waals surface area contributed by atoms with E-state index in [1.165, 1.54) is 5.56 Å². The summed E-state index contributed by atoms with van der Waals surface area (Å²) in [7, 11) is 1.79. The van der Waals surface area contributed by atoms with Gasteiger partial charge in [-0.3, -0.25) is 9.89 Å². The third kappa shape index (κ3) is 2.01. The monoisotopic (exact) mass is 319 g/mol. The SMILES string of the molecule is Cc1ccc([C@H]2c3c(-c4ccccc4O)n[nH]c3C(=O)N2C)cc1. The number of aryl methyl sites for hydroxylation is 1. The van der Waals surface area contributed by atoms with E-state index in [1.807, 2.05) is 37.3 Å². The van der Waals surface area contributed by atoms with E-state index in [-0.39, 0.29) is 17.7 Å². The van der Waals surface area contributed by atoms with Crippen molar-refractivity contribution in [3.05, 3.63) is 70.9 Å². The lowest BCUT2D eigenvalue weighted by Crippen LogP contribution is -2.24. The van der Waals surface area contributed by atoms with Crippen molar-refractivity contribution in [1.29, 1.82) is 0 Å². The number of benzene rings is 2. The van der Waals surface area contributed by atoms with Crippen molar-refractivity contribution in [1.82, 2.24) is 15.1 Å². The second-order valence-corrected chi connectivity index (χ2v) is 6.11. The van der Waals surface area contributed by atoms with Gasteiger partial charge in [-0.05, 0) is 24.6 Å². The van der Waals surface area contributed by atoms with Crippen molar-refractivity contribution in [2.45, 2.75) is 13.0 Å². The van der Waals surface area contributed by atoms with Gasteiger partial charge in [0.2, 0.25) is 0 Å². The minimum atomic E-state index is -0.221. The Morgan fingerprint density at radius 2 is 1.83 bits per heavy atom. The van der Waals surface area contributed by atoms with Gasteiger partial charge in [0, 0.05) is 18.2 Å². The van der Waals surface area contributed by atoms with E-state index in [1.54, 1.807) is 30.1 Å². The highest BCUT2D eigenvalue weighted by Crippen LogP contribution is 2.43. The van der Waals surface area contributed by atoms with Crippen molar-refractivity contribution in [3.63, 3.8) is 0 Å². The van der Waals surface area contributed by atoms with Crippen LogP contribution < -0.4 is 0 Å². The summed E-state index contributed by atoms with van der Waals surface area (Å²) in [4.78, 5) is 14.3. The zero-order valence-electron chi connectivity index (χ0n) is 13.4. The second-order valence-electron chi connectivity index (χ2n) is 6.11. The molecule has 0 saturated carbocycles. The van der Waals surface area contributed by atoms with E-state index in [4.69, 9.17) is 0 Å². The molecule has 120 valence electrons. The second kappa shape index (κ2) is 5.23. The Labute approximate surface area is 139 Å². The Hall–Kier alpha value is -3.08. The first-order valence-electron chi connectivity index (χ1n) is 7.78. The standard InChI is InChI=1S/C19H17N3O2/c1-11-7-9-12(10-8-11)18-15-16(13-5-3-4-6-14(13)23)20-21-17(15)19(24)22(18)2/h3-10,18,23H,1-2H3,(H,20,21)/t18-/m0/s1. The Morgan fingerprint density at radius 3 is 2.54 bits per heavy atom. The Balaban J connectivity index is 1.92. The van der Waals surface area contributed by atoms with Gasteiger partial charge < -0.3 is 10.0 Å². The predicted octanol–water partition coefficient (Wildman–Crippen LogP) is 3.27. The van der Waals surface area contributed by atoms with Crippen molar-refractivity contribution in [2.24, 2.45) is 0 Å². The highest BCUT2D eigenvalue weighted by Gasteiger charge is 2.40. The molecule has 2 aromatic carbocycles. The van der Waals surface area contributed by atoms with Crippen molar-refractivity contribution < 1.29 is 9.90 Å². The highest BCUT2D eigenvalue weighted by atomic mass is 16.3. The van der Waals surface area contributed by atoms with Crippen LogP contribution in [0.25, 0.3) is 11.3 Å². The first-order chi connectivity index (χ1) is 11.6. The maximum Gasteiger partial charge on any atom is 0.272 e. The molecule has 1 aromatic heterocycles. The van der Waals surface area contributed by atoms with Gasteiger partial charge in [-0.25, -0.2) is 0 Å². The molecule has 1 aliphatic rings. The summed E-state index contributed by atoms with van der Waals surface area (Å²) in [6.07, 6.45) is 0. The minimum Gasteiger partial charge on any atom is -0.507 e. The van der Waals surface area contributed by atoms with Crippen LogP contribution in [-0.4, -0.2) is 33.2 Å². The van der Waals surface area contributed by atoms with Gasteiger partial charge in [0.25, 0.3) is 5.91 Å². The van der Waals surface area contributed by atoms with Gasteiger partial charge in [-0.15, -0.1) is 0 Å². The Bertz CT molecular complexity index is 928. The molecule has 1 atom stereocenters. The number of aromatic hydroxyl groups is 1. The smallest absolute Gasteiger partial charge is 0.272 e. The summed E-state index contributed by atoms with van der Waals surface area (Å²) in [5, 5.41) is 17.4. The average molecular weight is 319 g/mol. The van der Waals surface area contributed by atoms with E-state index in [0.29, 0.717) is 17.0 Å². The number of phenolic OH excluding ortho intramolecular Hbond substituents is 1. The normalized spacial score (nSPS) is 16.5. The number of carbonyl (C=O) groups is 1. The zero-order valence-corrected chi connectivity index (χ0v) is 13.4. The molecule has 1 amide bonds. The van der Waals surface area contributed by atoms with Crippen molar-refractivity contribution >= 4 is 5.91 Å². The highest BCUT2D eigenvalue weighted by molar-refractivity contribution is 6.00. The van der Waals surface area contributed by atoms with Crippen LogP contribution in [0.5, 0.6) is 5.75 Å². The molecule has 5 nitrogen and oxygen atoms in total. The molecule has 0 fully saturated rings. The lowest BCUT2D eigenvalue weighted by molar-refractivity contribution is 0.0788. The Kier molecular flexibility index (Phi) is 3.16. The van der Waals surface area contributed by atoms with Crippen LogP contribution in [0.1, 0.15) is 33.2 Å². The fourth-order valence-corrected chi connectivity index (χ4v) is 3.29. The first kappa shape index (κ1) is 14.5. The van der Waals surface area contributed by atoms with Gasteiger partial charge in [0.15, 0.2) is 0 Å². The first-order valence-corrected chi connectivity index (χ1v) is 7.78. The van der Waals surface area contributed by atoms with Gasteiger partial charge in [-0.2, -0.15) is 5.10 Å². The van der Waals surface area contributed by atoms with Crippen LogP contribution in [0.4, 0.5) is 0 Å². The number of fused-ring (bicyclic) bond motifs is 1. The maximum absolute atomic E-state index is 12.6. The molecule has 2 heterocycles. The number of hydrogen-bond donors (Lipinski definition) is 2. The van der Waals surface area contributed by atoms with Crippen LogP contribution in [0.2, 0.25) is 0 Å². The van der Waals surface area contributed by atoms with Crippen molar-refractivity contribution in [2.75, 3.05) is 7.05 Å². The zero-order chi connectivity index (χ0) is 16.8. The summed E-state index contributed by atoms with van der Waals surface area (Å²) in [5.74, 6) is 0.0567. The van der Waals surface area contributed by atoms with E-state index in [0.717, 1.165) is 11.1 Å². The summed E-state index contributed by atoms with van der Waals surface area (Å²) in [6.45, 7) is 2.03. The predicted molar refractivity (Wildman–Crippen MR) is 90.8 cm³/mol. The molecular weight excluding hydrogens is 302 g/mol. The molecule has 0 radical (unpaired) electrons. The average Bonchev–Trinajstić information content (AvgIpc) is 3.10. The number of nitrogens with one attached hydrogen (secondary N) is 1. The van der Waals surface area contributed by atoms with Gasteiger partial charge >= 0.3 is 0 Å². The summed E-state index contributed by atoms with van der Waals surface area (Å²) >= 11 is 0. The molecule has 5 heteroatoms. The molecule has 1 aliphatic heterocycles. The molecule has 4 rings (SSSR count). The summed E-state index contributed by atoms with van der Waals surface area (Å²) in [6, 6.07) is 14.9. The fourth-order valence-electron chi connectivity index (χ4n) is 3.29. The number of hydrogen-bond acceptors (Lipinski definition) is 3. The minimum absolute atomic E-state index is 0.0928. The third-order valence-corrected chi connectivity index (χ3v) is 4.55. The number of amides is 1. The van der Waals surface area contributed by atoms with Crippen LogP contribution in [0.3, 0.4) is 0 Å². The molecule has 0 bridgehead atoms. The number of aromatic nitrogens is 2. The van der Waals surface area contributed by atoms with Crippen LogP contribution in [-0.2, 0) is 0 Å². The Morgan fingerprint density at radius 1 is 1.12 bits per heavy atom. The molecular formula is C19H17N3O2. The van der Waals surface area contributed by atoms with Crippen LogP contribution >= 0.6 is 0 Å². The van der Waals surface area contributed by atoms with E-state index < -0.39 is 0 Å². The van der Waals surface area contributed by atoms with E-state index in [9.17, 15) is 9.90 Å². The lowest BCUT2D eigenvalue weighted by atomic mass is 9.95. The largest absolute Gasteiger partial charge is 0.507 e. The number of rotatable bonds is 2. The van der Waals surface area contributed by atoms with Crippen LogP contribution in [0, 0.1) is 6.92 Å². The topological polar surface area (TPSA) is 69.2 Å². The van der Waals surface area contributed by atoms with Crippen LogP contribution in [0.15, 0.2) is 48.5 Å². The number of aromatic amines is 1. The molecule has 0 spiro atoms. The fraction of sp³-hybridized carbons (Fsp3) is 0.158. The summed E-state index contributed by atoms with van der Waals surface area (Å²) < 4.78 is 0. The van der Waals surface area contributed by atoms with Gasteiger partial charge in [-0.1, -0.05) is 42.0 Å².